The van der Waals surface area contributed by atoms with E-state index in [2.05, 4.69) is 15.3 Å². The number of halogens is 1. The molecule has 0 bridgehead atoms. The first-order valence-electron chi connectivity index (χ1n) is 7.40. The fraction of sp³-hybridized carbons (Fsp3) is 0.118. The van der Waals surface area contributed by atoms with Gasteiger partial charge in [0.1, 0.15) is 17.7 Å². The predicted molar refractivity (Wildman–Crippen MR) is 89.5 cm³/mol. The van der Waals surface area contributed by atoms with E-state index in [0.717, 1.165) is 10.6 Å². The van der Waals surface area contributed by atoms with Crippen LogP contribution in [-0.2, 0) is 0 Å². The number of benzene rings is 2. The van der Waals surface area contributed by atoms with Gasteiger partial charge in [-0.3, -0.25) is 0 Å². The van der Waals surface area contributed by atoms with E-state index >= 15 is 0 Å². The lowest BCUT2D eigenvalue weighted by Gasteiger charge is -2.11. The summed E-state index contributed by atoms with van der Waals surface area (Å²) in [6.07, 6.45) is -0.272. The monoisotopic (exact) mass is 340 g/mol. The first-order valence-corrected chi connectivity index (χ1v) is 8.22. The third kappa shape index (κ3) is 2.74. The van der Waals surface area contributed by atoms with Crippen LogP contribution in [0.25, 0.3) is 16.3 Å². The quantitative estimate of drug-likeness (QED) is 0.560. The van der Waals surface area contributed by atoms with Crippen molar-refractivity contribution in [3.05, 3.63) is 65.4 Å². The number of hydrogen-bond donors (Lipinski definition) is 0. The Labute approximate surface area is 141 Å². The lowest BCUT2D eigenvalue weighted by molar-refractivity contribution is 0.225. The second-order valence-electron chi connectivity index (χ2n) is 5.24. The molecule has 2 aromatic heterocycles. The van der Waals surface area contributed by atoms with E-state index in [1.807, 2.05) is 37.3 Å². The number of rotatable bonds is 4. The molecule has 0 unspecified atom stereocenters. The van der Waals surface area contributed by atoms with Crippen molar-refractivity contribution in [1.29, 1.82) is 0 Å². The third-order valence-corrected chi connectivity index (χ3v) is 4.57. The zero-order chi connectivity index (χ0) is 16.5. The Balaban J connectivity index is 1.63. The van der Waals surface area contributed by atoms with E-state index in [1.54, 1.807) is 16.6 Å². The molecule has 1 atom stereocenters. The molecule has 0 aliphatic carbocycles. The summed E-state index contributed by atoms with van der Waals surface area (Å²) in [5.74, 6) is 1.00. The maximum Gasteiger partial charge on any atom is 0.235 e. The van der Waals surface area contributed by atoms with Crippen LogP contribution in [0, 0.1) is 5.82 Å². The summed E-state index contributed by atoms with van der Waals surface area (Å²) in [6.45, 7) is 1.90. The Hall–Kier alpha value is -2.80. The molecule has 0 aliphatic heterocycles. The van der Waals surface area contributed by atoms with Crippen molar-refractivity contribution in [2.45, 2.75) is 13.0 Å². The van der Waals surface area contributed by atoms with Crippen LogP contribution in [-0.4, -0.2) is 19.8 Å². The van der Waals surface area contributed by atoms with E-state index in [4.69, 9.17) is 4.74 Å². The molecule has 0 saturated carbocycles. The van der Waals surface area contributed by atoms with Crippen molar-refractivity contribution in [3.8, 4) is 17.1 Å². The Kier molecular flexibility index (Phi) is 3.70. The Morgan fingerprint density at radius 1 is 1.04 bits per heavy atom. The molecule has 120 valence electrons. The van der Waals surface area contributed by atoms with Crippen LogP contribution < -0.4 is 4.74 Å². The van der Waals surface area contributed by atoms with Gasteiger partial charge in [-0.2, -0.15) is 9.61 Å². The van der Waals surface area contributed by atoms with Crippen LogP contribution >= 0.6 is 11.3 Å². The van der Waals surface area contributed by atoms with Gasteiger partial charge in [0.2, 0.25) is 4.96 Å². The van der Waals surface area contributed by atoms with Gasteiger partial charge in [0.25, 0.3) is 0 Å². The second-order valence-corrected chi connectivity index (χ2v) is 6.23. The van der Waals surface area contributed by atoms with Crippen LogP contribution in [0.3, 0.4) is 0 Å². The highest BCUT2D eigenvalue weighted by atomic mass is 32.1. The van der Waals surface area contributed by atoms with Gasteiger partial charge >= 0.3 is 0 Å². The standard InChI is InChI=1S/C17H13FN4OS/c1-11(23-14-9-7-13(18)8-10-14)16-21-22-15(19-20-17(22)24-16)12-5-3-2-4-6-12/h2-11H,1H3/t11-/m1/s1. The highest BCUT2D eigenvalue weighted by molar-refractivity contribution is 7.16. The number of nitrogens with zero attached hydrogens (tertiary/aromatic N) is 4. The molecular formula is C17H13FN4OS. The summed E-state index contributed by atoms with van der Waals surface area (Å²) in [5, 5.41) is 13.7. The summed E-state index contributed by atoms with van der Waals surface area (Å²) in [7, 11) is 0. The van der Waals surface area contributed by atoms with Gasteiger partial charge < -0.3 is 4.74 Å². The largest absolute Gasteiger partial charge is 0.483 e. The molecule has 0 N–H and O–H groups in total. The van der Waals surface area contributed by atoms with E-state index in [1.165, 1.54) is 23.5 Å². The Bertz CT molecular complexity index is 965. The average Bonchev–Trinajstić information content (AvgIpc) is 3.18. The van der Waals surface area contributed by atoms with Gasteiger partial charge in [-0.15, -0.1) is 10.2 Å². The van der Waals surface area contributed by atoms with Crippen LogP contribution in [0.1, 0.15) is 18.0 Å². The minimum absolute atomic E-state index is 0.272. The van der Waals surface area contributed by atoms with Gasteiger partial charge in [-0.25, -0.2) is 4.39 Å². The molecule has 24 heavy (non-hydrogen) atoms. The van der Waals surface area contributed by atoms with Gasteiger partial charge in [0.15, 0.2) is 10.8 Å². The molecule has 0 spiro atoms. The lowest BCUT2D eigenvalue weighted by Crippen LogP contribution is -2.04. The predicted octanol–water partition coefficient (Wildman–Crippen LogP) is 4.13. The molecule has 0 saturated heterocycles. The minimum Gasteiger partial charge on any atom is -0.483 e. The Morgan fingerprint density at radius 2 is 1.79 bits per heavy atom. The summed E-state index contributed by atoms with van der Waals surface area (Å²) in [4.78, 5) is 0.707. The van der Waals surface area contributed by atoms with E-state index in [-0.39, 0.29) is 11.9 Å². The number of fused-ring (bicyclic) bond motifs is 1. The number of aromatic nitrogens is 4. The molecule has 0 amide bonds. The molecule has 7 heteroatoms. The first kappa shape index (κ1) is 14.8. The topological polar surface area (TPSA) is 52.3 Å². The van der Waals surface area contributed by atoms with Gasteiger partial charge in [-0.05, 0) is 31.2 Å². The highest BCUT2D eigenvalue weighted by Gasteiger charge is 2.18. The minimum atomic E-state index is -0.290. The van der Waals surface area contributed by atoms with Crippen LogP contribution in [0.5, 0.6) is 5.75 Å². The molecule has 0 aliphatic rings. The summed E-state index contributed by atoms with van der Waals surface area (Å²) >= 11 is 1.42. The molecule has 0 fully saturated rings. The highest BCUT2D eigenvalue weighted by Crippen LogP contribution is 2.27. The maximum absolute atomic E-state index is 13.0. The third-order valence-electron chi connectivity index (χ3n) is 3.51. The first-order chi connectivity index (χ1) is 11.7. The fourth-order valence-electron chi connectivity index (χ4n) is 2.33. The van der Waals surface area contributed by atoms with E-state index < -0.39 is 0 Å². The number of ether oxygens (including phenoxy) is 1. The maximum atomic E-state index is 13.0. The van der Waals surface area contributed by atoms with Crippen molar-refractivity contribution in [2.75, 3.05) is 0 Å². The summed E-state index contributed by atoms with van der Waals surface area (Å²) < 4.78 is 20.5. The molecule has 2 heterocycles. The zero-order valence-electron chi connectivity index (χ0n) is 12.8. The smallest absolute Gasteiger partial charge is 0.235 e. The van der Waals surface area contributed by atoms with Crippen molar-refractivity contribution in [2.24, 2.45) is 0 Å². The average molecular weight is 340 g/mol. The molecular weight excluding hydrogens is 327 g/mol. The SMILES string of the molecule is C[C@@H](Oc1ccc(F)cc1)c1nn2c(-c3ccccc3)nnc2s1. The van der Waals surface area contributed by atoms with Gasteiger partial charge in [0, 0.05) is 5.56 Å². The van der Waals surface area contributed by atoms with Crippen LogP contribution in [0.2, 0.25) is 0 Å². The van der Waals surface area contributed by atoms with Gasteiger partial charge in [-0.1, -0.05) is 41.7 Å². The van der Waals surface area contributed by atoms with Crippen molar-refractivity contribution < 1.29 is 9.13 Å². The van der Waals surface area contributed by atoms with E-state index in [0.29, 0.717) is 16.5 Å². The fourth-order valence-corrected chi connectivity index (χ4v) is 3.15. The summed E-state index contributed by atoms with van der Waals surface area (Å²) in [5.41, 5.74) is 0.953. The molecule has 5 nitrogen and oxygen atoms in total. The van der Waals surface area contributed by atoms with Gasteiger partial charge in [0.05, 0.1) is 0 Å². The van der Waals surface area contributed by atoms with Crippen LogP contribution in [0.4, 0.5) is 4.39 Å². The molecule has 0 radical (unpaired) electrons. The van der Waals surface area contributed by atoms with Crippen molar-refractivity contribution in [1.82, 2.24) is 19.8 Å². The normalized spacial score (nSPS) is 12.4. The molecule has 4 aromatic rings. The number of hydrogen-bond acceptors (Lipinski definition) is 5. The zero-order valence-corrected chi connectivity index (χ0v) is 13.6. The lowest BCUT2D eigenvalue weighted by atomic mass is 10.2. The van der Waals surface area contributed by atoms with Crippen molar-refractivity contribution >= 4 is 16.3 Å². The molecule has 2 aromatic carbocycles. The Morgan fingerprint density at radius 3 is 2.54 bits per heavy atom. The summed E-state index contributed by atoms with van der Waals surface area (Å²) in [6, 6.07) is 15.7. The van der Waals surface area contributed by atoms with Crippen molar-refractivity contribution in [3.63, 3.8) is 0 Å². The molecule has 4 rings (SSSR count). The second kappa shape index (κ2) is 6.01. The van der Waals surface area contributed by atoms with Crippen LogP contribution in [0.15, 0.2) is 54.6 Å². The van der Waals surface area contributed by atoms with E-state index in [9.17, 15) is 4.39 Å².